The molecule has 3 aromatic carbocycles. The Morgan fingerprint density at radius 3 is 2.29 bits per heavy atom. The van der Waals surface area contributed by atoms with Gasteiger partial charge >= 0.3 is 5.97 Å². The number of hydrogen-bond donors (Lipinski definition) is 0. The van der Waals surface area contributed by atoms with Crippen molar-refractivity contribution >= 4 is 40.2 Å². The van der Waals surface area contributed by atoms with Crippen LogP contribution in [0, 0.1) is 18.8 Å². The van der Waals surface area contributed by atoms with Gasteiger partial charge in [0.15, 0.2) is 12.4 Å². The number of pyridine rings is 1. The number of allylic oxidation sites excluding steroid dienone is 2. The van der Waals surface area contributed by atoms with E-state index in [1.165, 1.54) is 12.0 Å². The Morgan fingerprint density at radius 1 is 0.905 bits per heavy atom. The highest BCUT2D eigenvalue weighted by molar-refractivity contribution is 6.22. The van der Waals surface area contributed by atoms with Crippen molar-refractivity contribution in [3.05, 3.63) is 102 Å². The second-order valence-corrected chi connectivity index (χ2v) is 10.5. The molecule has 0 N–H and O–H groups in total. The number of benzene rings is 3. The number of nitrogens with zero attached hydrogens (tertiary/aromatic N) is 2. The van der Waals surface area contributed by atoms with Gasteiger partial charge in [-0.1, -0.05) is 54.6 Å². The molecule has 0 radical (unpaired) electrons. The number of rotatable bonds is 7. The number of Topliss-reactive ketones (excluding diaryl/α,β-unsaturated/α-hetero) is 1. The van der Waals surface area contributed by atoms with Crippen LogP contribution in [0.25, 0.3) is 22.2 Å². The number of aryl methyl sites for hydroxylation is 1. The first-order valence-electron chi connectivity index (χ1n) is 13.7. The number of methoxy groups -OCH3 is 1. The maximum Gasteiger partial charge on any atom is 0.339 e. The van der Waals surface area contributed by atoms with Crippen molar-refractivity contribution in [3.8, 4) is 17.0 Å². The summed E-state index contributed by atoms with van der Waals surface area (Å²) in [5.74, 6) is -1.42. The van der Waals surface area contributed by atoms with E-state index in [2.05, 4.69) is 0 Å². The van der Waals surface area contributed by atoms with E-state index in [0.717, 1.165) is 5.56 Å². The summed E-state index contributed by atoms with van der Waals surface area (Å²) in [5, 5.41) is 0.610. The summed E-state index contributed by atoms with van der Waals surface area (Å²) in [6, 6.07) is 20.9. The zero-order chi connectivity index (χ0) is 29.4. The average Bonchev–Trinajstić information content (AvgIpc) is 3.28. The lowest BCUT2D eigenvalue weighted by Gasteiger charge is -2.16. The molecule has 1 saturated heterocycles. The number of carbonyl (C=O) groups is 4. The molecule has 1 aromatic heterocycles. The summed E-state index contributed by atoms with van der Waals surface area (Å²) in [6.07, 6.45) is 5.08. The third-order valence-corrected chi connectivity index (χ3v) is 7.92. The minimum Gasteiger partial charge on any atom is -0.497 e. The SMILES string of the molecule is COc1cccc(C(=O)COC(=O)c2cc(-c3ccc(N4C(=O)C5CC=CCC5C4=O)cc3)nc3c(C)cccc23)c1. The summed E-state index contributed by atoms with van der Waals surface area (Å²) < 4.78 is 10.6. The molecule has 6 rings (SSSR count). The van der Waals surface area contributed by atoms with Gasteiger partial charge in [-0.25, -0.2) is 9.78 Å². The molecule has 2 amide bonds. The normalized spacial score (nSPS) is 17.8. The van der Waals surface area contributed by atoms with Crippen molar-refractivity contribution in [1.29, 1.82) is 0 Å². The fraction of sp³-hybridized carbons (Fsp3) is 0.206. The Morgan fingerprint density at radius 2 is 1.60 bits per heavy atom. The van der Waals surface area contributed by atoms with E-state index in [4.69, 9.17) is 14.5 Å². The van der Waals surface area contributed by atoms with Gasteiger partial charge in [0.05, 0.1) is 41.4 Å². The maximum absolute atomic E-state index is 13.3. The fourth-order valence-corrected chi connectivity index (χ4v) is 5.63. The van der Waals surface area contributed by atoms with E-state index in [9.17, 15) is 19.2 Å². The van der Waals surface area contributed by atoms with Crippen LogP contribution in [0.15, 0.2) is 84.9 Å². The number of amides is 2. The minimum atomic E-state index is -0.647. The van der Waals surface area contributed by atoms with Crippen LogP contribution in [0.5, 0.6) is 5.75 Å². The number of fused-ring (bicyclic) bond motifs is 2. The highest BCUT2D eigenvalue weighted by Gasteiger charge is 2.47. The third kappa shape index (κ3) is 4.85. The van der Waals surface area contributed by atoms with Crippen molar-refractivity contribution in [2.75, 3.05) is 18.6 Å². The molecule has 2 unspecified atom stereocenters. The predicted molar refractivity (Wildman–Crippen MR) is 157 cm³/mol. The highest BCUT2D eigenvalue weighted by Crippen LogP contribution is 2.38. The van der Waals surface area contributed by atoms with Gasteiger partial charge in [0, 0.05) is 16.5 Å². The molecular formula is C34H28N2O6. The number of anilines is 1. The van der Waals surface area contributed by atoms with E-state index >= 15 is 0 Å². The van der Waals surface area contributed by atoms with Gasteiger partial charge in [-0.3, -0.25) is 19.3 Å². The lowest BCUT2D eigenvalue weighted by atomic mass is 9.85. The Labute approximate surface area is 242 Å². The summed E-state index contributed by atoms with van der Waals surface area (Å²) in [6.45, 7) is 1.48. The quantitative estimate of drug-likeness (QED) is 0.123. The first-order valence-corrected chi connectivity index (χ1v) is 13.7. The number of ether oxygens (including phenoxy) is 2. The molecule has 0 bridgehead atoms. The molecule has 8 nitrogen and oxygen atoms in total. The summed E-state index contributed by atoms with van der Waals surface area (Å²) in [5.41, 5.74) is 3.89. The Bertz CT molecular complexity index is 1750. The molecule has 1 aliphatic carbocycles. The molecule has 210 valence electrons. The first kappa shape index (κ1) is 27.1. The van der Waals surface area contributed by atoms with Gasteiger partial charge in [-0.15, -0.1) is 0 Å². The van der Waals surface area contributed by atoms with Crippen LogP contribution in [0.2, 0.25) is 0 Å². The molecule has 1 fully saturated rings. The molecule has 2 aliphatic rings. The highest BCUT2D eigenvalue weighted by atomic mass is 16.5. The number of ketones is 1. The number of esters is 1. The summed E-state index contributed by atoms with van der Waals surface area (Å²) in [4.78, 5) is 58.2. The number of aromatic nitrogens is 1. The van der Waals surface area contributed by atoms with Crippen LogP contribution in [0.3, 0.4) is 0 Å². The van der Waals surface area contributed by atoms with Crippen LogP contribution < -0.4 is 9.64 Å². The zero-order valence-electron chi connectivity index (χ0n) is 23.2. The van der Waals surface area contributed by atoms with Crippen LogP contribution in [-0.2, 0) is 14.3 Å². The molecule has 8 heteroatoms. The second kappa shape index (κ2) is 11.0. The number of para-hydroxylation sites is 1. The number of carbonyl (C=O) groups excluding carboxylic acids is 4. The van der Waals surface area contributed by atoms with Gasteiger partial charge in [0.2, 0.25) is 11.8 Å². The van der Waals surface area contributed by atoms with E-state index < -0.39 is 12.6 Å². The fourth-order valence-electron chi connectivity index (χ4n) is 5.63. The van der Waals surface area contributed by atoms with Crippen LogP contribution in [0.1, 0.15) is 39.1 Å². The van der Waals surface area contributed by atoms with E-state index in [1.54, 1.807) is 60.7 Å². The summed E-state index contributed by atoms with van der Waals surface area (Å²) in [7, 11) is 1.51. The van der Waals surface area contributed by atoms with E-state index in [1.807, 2.05) is 31.2 Å². The molecular weight excluding hydrogens is 532 g/mol. The molecule has 0 saturated carbocycles. The minimum absolute atomic E-state index is 0.171. The van der Waals surface area contributed by atoms with Crippen molar-refractivity contribution in [1.82, 2.24) is 4.98 Å². The van der Waals surface area contributed by atoms with E-state index in [0.29, 0.717) is 52.0 Å². The van der Waals surface area contributed by atoms with Crippen LogP contribution in [-0.4, -0.2) is 42.3 Å². The molecule has 1 aliphatic heterocycles. The standard InChI is InChI=1S/C34H28N2O6/c1-20-7-5-12-25-28(34(40)42-19-30(37)22-8-6-9-24(17-22)41-2)18-29(35-31(20)25)21-13-15-23(16-14-21)36-32(38)26-10-3-4-11-27(26)33(36)39/h3-9,12-18,26-27H,10-11,19H2,1-2H3. The van der Waals surface area contributed by atoms with Gasteiger partial charge in [-0.05, 0) is 55.7 Å². The Kier molecular flexibility index (Phi) is 7.12. The maximum atomic E-state index is 13.3. The first-order chi connectivity index (χ1) is 20.4. The Hall–Kier alpha value is -5.11. The average molecular weight is 561 g/mol. The van der Waals surface area contributed by atoms with Gasteiger partial charge in [-0.2, -0.15) is 0 Å². The Balaban J connectivity index is 1.28. The topological polar surface area (TPSA) is 103 Å². The van der Waals surface area contributed by atoms with Gasteiger partial charge < -0.3 is 9.47 Å². The lowest BCUT2D eigenvalue weighted by molar-refractivity contribution is -0.122. The number of imide groups is 1. The molecule has 2 atom stereocenters. The smallest absolute Gasteiger partial charge is 0.339 e. The van der Waals surface area contributed by atoms with Gasteiger partial charge in [0.1, 0.15) is 5.75 Å². The monoisotopic (exact) mass is 560 g/mol. The summed E-state index contributed by atoms with van der Waals surface area (Å²) >= 11 is 0. The van der Waals surface area contributed by atoms with Crippen molar-refractivity contribution < 1.29 is 28.7 Å². The molecule has 4 aromatic rings. The zero-order valence-corrected chi connectivity index (χ0v) is 23.2. The van der Waals surface area contributed by atoms with Crippen LogP contribution >= 0.6 is 0 Å². The predicted octanol–water partition coefficient (Wildman–Crippen LogP) is 5.71. The van der Waals surface area contributed by atoms with E-state index in [-0.39, 0.29) is 35.0 Å². The molecule has 0 spiro atoms. The van der Waals surface area contributed by atoms with Gasteiger partial charge in [0.25, 0.3) is 0 Å². The largest absolute Gasteiger partial charge is 0.497 e. The molecule has 42 heavy (non-hydrogen) atoms. The van der Waals surface area contributed by atoms with Crippen molar-refractivity contribution in [2.45, 2.75) is 19.8 Å². The van der Waals surface area contributed by atoms with Crippen LogP contribution in [0.4, 0.5) is 5.69 Å². The lowest BCUT2D eigenvalue weighted by Crippen LogP contribution is -2.30. The van der Waals surface area contributed by atoms with Crippen molar-refractivity contribution in [3.63, 3.8) is 0 Å². The van der Waals surface area contributed by atoms with Crippen molar-refractivity contribution in [2.24, 2.45) is 11.8 Å². The number of hydrogen-bond acceptors (Lipinski definition) is 7. The third-order valence-electron chi connectivity index (χ3n) is 7.92. The molecule has 2 heterocycles. The second-order valence-electron chi connectivity index (χ2n) is 10.5.